The molecule has 1 rings (SSSR count). The third-order valence-corrected chi connectivity index (χ3v) is 2.34. The van der Waals surface area contributed by atoms with Crippen molar-refractivity contribution >= 4 is 5.91 Å². The summed E-state index contributed by atoms with van der Waals surface area (Å²) in [5.41, 5.74) is 0. The number of amides is 1. The Morgan fingerprint density at radius 3 is 3.06 bits per heavy atom. The fourth-order valence-electron chi connectivity index (χ4n) is 1.35. The second-order valence-corrected chi connectivity index (χ2v) is 3.81. The number of hydrogen-bond donors (Lipinski definition) is 3. The molecule has 0 saturated heterocycles. The van der Waals surface area contributed by atoms with E-state index < -0.39 is 0 Å². The van der Waals surface area contributed by atoms with Gasteiger partial charge in [-0.25, -0.2) is 0 Å². The number of carbonyl (C=O) groups is 1. The molecule has 0 radical (unpaired) electrons. The zero-order chi connectivity index (χ0) is 13.2. The van der Waals surface area contributed by atoms with E-state index in [2.05, 4.69) is 10.6 Å². The molecule has 102 valence electrons. The van der Waals surface area contributed by atoms with Crippen LogP contribution in [0.5, 0.6) is 0 Å². The van der Waals surface area contributed by atoms with Gasteiger partial charge in [0.2, 0.25) is 5.91 Å². The summed E-state index contributed by atoms with van der Waals surface area (Å²) in [6.45, 7) is 3.54. The number of nitrogens with one attached hydrogen (secondary N) is 2. The van der Waals surface area contributed by atoms with Crippen LogP contribution in [0.3, 0.4) is 0 Å². The summed E-state index contributed by atoms with van der Waals surface area (Å²) in [6.07, 6.45) is 1.57. The lowest BCUT2D eigenvalue weighted by atomic mass is 10.3. The number of aliphatic hydroxyl groups is 1. The molecule has 0 spiro atoms. The van der Waals surface area contributed by atoms with Gasteiger partial charge in [-0.3, -0.25) is 4.79 Å². The summed E-state index contributed by atoms with van der Waals surface area (Å²) >= 11 is 0. The van der Waals surface area contributed by atoms with E-state index in [4.69, 9.17) is 14.3 Å². The molecule has 0 saturated carbocycles. The molecule has 1 unspecified atom stereocenters. The molecule has 0 aliphatic rings. The molecular weight excluding hydrogens is 236 g/mol. The Balaban J connectivity index is 2.09. The molecular formula is C12H20N2O4. The van der Waals surface area contributed by atoms with Crippen molar-refractivity contribution in [1.29, 1.82) is 0 Å². The molecule has 0 bridgehead atoms. The highest BCUT2D eigenvalue weighted by Gasteiger charge is 2.11. The standard InChI is InChI=1S/C12H20N2O4/c1-10(13-4-7-17-8-5-15)12(16)14-9-11-3-2-6-18-11/h2-3,6,10,13,15H,4-5,7-9H2,1H3,(H,14,16). The van der Waals surface area contributed by atoms with Crippen LogP contribution in [0.2, 0.25) is 0 Å². The van der Waals surface area contributed by atoms with E-state index >= 15 is 0 Å². The van der Waals surface area contributed by atoms with Crippen molar-refractivity contribution in [2.24, 2.45) is 0 Å². The Kier molecular flexibility index (Phi) is 7.09. The van der Waals surface area contributed by atoms with Crippen LogP contribution in [0.15, 0.2) is 22.8 Å². The molecule has 6 nitrogen and oxygen atoms in total. The Morgan fingerprint density at radius 2 is 2.39 bits per heavy atom. The molecule has 3 N–H and O–H groups in total. The maximum atomic E-state index is 11.7. The molecule has 1 aromatic rings. The van der Waals surface area contributed by atoms with E-state index in [-0.39, 0.29) is 18.6 Å². The monoisotopic (exact) mass is 256 g/mol. The van der Waals surface area contributed by atoms with Crippen molar-refractivity contribution in [3.8, 4) is 0 Å². The van der Waals surface area contributed by atoms with Gasteiger partial charge in [-0.2, -0.15) is 0 Å². The minimum Gasteiger partial charge on any atom is -0.467 e. The van der Waals surface area contributed by atoms with E-state index in [0.29, 0.717) is 26.3 Å². The molecule has 0 aliphatic carbocycles. The first-order chi connectivity index (χ1) is 8.74. The zero-order valence-electron chi connectivity index (χ0n) is 10.5. The average Bonchev–Trinajstić information content (AvgIpc) is 2.88. The topological polar surface area (TPSA) is 83.7 Å². The molecule has 0 aliphatic heterocycles. The number of carbonyl (C=O) groups excluding carboxylic acids is 1. The summed E-state index contributed by atoms with van der Waals surface area (Å²) in [5.74, 6) is 0.635. The smallest absolute Gasteiger partial charge is 0.237 e. The Bertz CT molecular complexity index is 327. The molecule has 6 heteroatoms. The minimum atomic E-state index is -0.294. The van der Waals surface area contributed by atoms with Gasteiger partial charge in [0.25, 0.3) is 0 Å². The van der Waals surface area contributed by atoms with Gasteiger partial charge < -0.3 is 24.9 Å². The van der Waals surface area contributed by atoms with Crippen LogP contribution in [0, 0.1) is 0 Å². The molecule has 1 heterocycles. The van der Waals surface area contributed by atoms with Crippen LogP contribution in [-0.2, 0) is 16.1 Å². The lowest BCUT2D eigenvalue weighted by molar-refractivity contribution is -0.123. The summed E-state index contributed by atoms with van der Waals surface area (Å²) < 4.78 is 10.2. The lowest BCUT2D eigenvalue weighted by Gasteiger charge is -2.13. The van der Waals surface area contributed by atoms with E-state index in [9.17, 15) is 4.79 Å². The van der Waals surface area contributed by atoms with E-state index in [1.807, 2.05) is 0 Å². The van der Waals surface area contributed by atoms with Gasteiger partial charge in [0.1, 0.15) is 5.76 Å². The largest absolute Gasteiger partial charge is 0.467 e. The molecule has 18 heavy (non-hydrogen) atoms. The van der Waals surface area contributed by atoms with Crippen molar-refractivity contribution in [1.82, 2.24) is 10.6 Å². The first kappa shape index (κ1) is 14.7. The van der Waals surface area contributed by atoms with Crippen molar-refractivity contribution < 1.29 is 19.1 Å². The number of furan rings is 1. The summed E-state index contributed by atoms with van der Waals surface area (Å²) in [7, 11) is 0. The second-order valence-electron chi connectivity index (χ2n) is 3.81. The van der Waals surface area contributed by atoms with Gasteiger partial charge in [-0.05, 0) is 19.1 Å². The minimum absolute atomic E-state index is 0.0131. The van der Waals surface area contributed by atoms with Gasteiger partial charge in [0, 0.05) is 6.54 Å². The molecule has 1 amide bonds. The van der Waals surface area contributed by atoms with Gasteiger partial charge in [0.05, 0.1) is 38.7 Å². The predicted octanol–water partition coefficient (Wildman–Crippen LogP) is -0.117. The van der Waals surface area contributed by atoms with Gasteiger partial charge in [-0.1, -0.05) is 0 Å². The average molecular weight is 256 g/mol. The number of rotatable bonds is 9. The molecule has 1 aromatic heterocycles. The third-order valence-electron chi connectivity index (χ3n) is 2.34. The van der Waals surface area contributed by atoms with E-state index in [1.165, 1.54) is 0 Å². The van der Waals surface area contributed by atoms with E-state index in [1.54, 1.807) is 25.3 Å². The molecule has 1 atom stereocenters. The Labute approximate surface area is 106 Å². The van der Waals surface area contributed by atoms with Crippen LogP contribution in [-0.4, -0.2) is 43.4 Å². The maximum absolute atomic E-state index is 11.7. The van der Waals surface area contributed by atoms with Crippen LogP contribution < -0.4 is 10.6 Å². The highest BCUT2D eigenvalue weighted by molar-refractivity contribution is 5.81. The van der Waals surface area contributed by atoms with Crippen molar-refractivity contribution in [3.05, 3.63) is 24.2 Å². The quantitative estimate of drug-likeness (QED) is 0.537. The fraction of sp³-hybridized carbons (Fsp3) is 0.583. The van der Waals surface area contributed by atoms with Crippen LogP contribution >= 0.6 is 0 Å². The number of aliphatic hydroxyl groups excluding tert-OH is 1. The zero-order valence-corrected chi connectivity index (χ0v) is 10.5. The first-order valence-corrected chi connectivity index (χ1v) is 5.96. The second kappa shape index (κ2) is 8.68. The van der Waals surface area contributed by atoms with Crippen LogP contribution in [0.1, 0.15) is 12.7 Å². The van der Waals surface area contributed by atoms with Crippen LogP contribution in [0.25, 0.3) is 0 Å². The third kappa shape index (κ3) is 5.81. The lowest BCUT2D eigenvalue weighted by Crippen LogP contribution is -2.43. The van der Waals surface area contributed by atoms with Gasteiger partial charge in [-0.15, -0.1) is 0 Å². The summed E-state index contributed by atoms with van der Waals surface area (Å²) in [4.78, 5) is 11.7. The molecule has 0 aromatic carbocycles. The predicted molar refractivity (Wildman–Crippen MR) is 65.9 cm³/mol. The normalized spacial score (nSPS) is 12.3. The van der Waals surface area contributed by atoms with Crippen LogP contribution in [0.4, 0.5) is 0 Å². The molecule has 0 fully saturated rings. The fourth-order valence-corrected chi connectivity index (χ4v) is 1.35. The maximum Gasteiger partial charge on any atom is 0.237 e. The van der Waals surface area contributed by atoms with Gasteiger partial charge >= 0.3 is 0 Å². The summed E-state index contributed by atoms with van der Waals surface area (Å²) in [6, 6.07) is 3.29. The SMILES string of the molecule is CC(NCCOCCO)C(=O)NCc1ccco1. The Morgan fingerprint density at radius 1 is 1.56 bits per heavy atom. The Hall–Kier alpha value is -1.37. The highest BCUT2D eigenvalue weighted by atomic mass is 16.5. The number of hydrogen-bond acceptors (Lipinski definition) is 5. The van der Waals surface area contributed by atoms with Gasteiger partial charge in [0.15, 0.2) is 0 Å². The number of ether oxygens (including phenoxy) is 1. The first-order valence-electron chi connectivity index (χ1n) is 5.96. The van der Waals surface area contributed by atoms with E-state index in [0.717, 1.165) is 5.76 Å². The summed E-state index contributed by atoms with van der Waals surface area (Å²) in [5, 5.41) is 14.3. The van der Waals surface area contributed by atoms with Crippen molar-refractivity contribution in [3.63, 3.8) is 0 Å². The van der Waals surface area contributed by atoms with Crippen molar-refractivity contribution in [2.75, 3.05) is 26.4 Å². The highest BCUT2D eigenvalue weighted by Crippen LogP contribution is 1.98. The van der Waals surface area contributed by atoms with Crippen molar-refractivity contribution in [2.45, 2.75) is 19.5 Å².